The van der Waals surface area contributed by atoms with E-state index in [0.29, 0.717) is 0 Å². The molecule has 0 heterocycles. The molecule has 0 radical (unpaired) electrons. The van der Waals surface area contributed by atoms with Gasteiger partial charge in [0.15, 0.2) is 0 Å². The second-order valence-electron chi connectivity index (χ2n) is 5.53. The summed E-state index contributed by atoms with van der Waals surface area (Å²) in [5.41, 5.74) is 1.70. The first-order valence-electron chi connectivity index (χ1n) is 7.19. The Kier molecular flexibility index (Phi) is 7.80. The Balaban J connectivity index is 4.85. The Morgan fingerprint density at radius 3 is 1.81 bits per heavy atom. The molecule has 3 atom stereocenters. The van der Waals surface area contributed by atoms with E-state index in [-0.39, 0.29) is 0 Å². The van der Waals surface area contributed by atoms with Crippen LogP contribution in [0.1, 0.15) is 67.7 Å². The molecule has 96 valence electrons. The average molecular weight is 224 g/mol. The molecule has 0 aliphatic rings. The lowest BCUT2D eigenvalue weighted by Crippen LogP contribution is -2.21. The molecular formula is C16H32. The fourth-order valence-corrected chi connectivity index (χ4v) is 2.96. The first kappa shape index (κ1) is 15.7. The minimum atomic E-state index is 0.750. The zero-order valence-electron chi connectivity index (χ0n) is 12.5. The van der Waals surface area contributed by atoms with Crippen molar-refractivity contribution < 1.29 is 0 Å². The van der Waals surface area contributed by atoms with Crippen LogP contribution in [-0.2, 0) is 0 Å². The van der Waals surface area contributed by atoms with Gasteiger partial charge >= 0.3 is 0 Å². The maximum absolute atomic E-state index is 2.48. The highest BCUT2D eigenvalue weighted by atomic mass is 14.3. The summed E-state index contributed by atoms with van der Waals surface area (Å²) in [5, 5.41) is 0. The molecule has 0 aromatic heterocycles. The zero-order valence-corrected chi connectivity index (χ0v) is 12.5. The van der Waals surface area contributed by atoms with Crippen LogP contribution in [0.3, 0.4) is 0 Å². The van der Waals surface area contributed by atoms with Crippen molar-refractivity contribution in [1.29, 1.82) is 0 Å². The smallest absolute Gasteiger partial charge is 0.0198 e. The molecule has 0 aliphatic carbocycles. The van der Waals surface area contributed by atoms with Gasteiger partial charge in [0.2, 0.25) is 0 Å². The van der Waals surface area contributed by atoms with E-state index < -0.39 is 0 Å². The van der Waals surface area contributed by atoms with Gasteiger partial charge in [0.1, 0.15) is 0 Å². The Morgan fingerprint density at radius 2 is 1.50 bits per heavy atom. The molecule has 0 bridgehead atoms. The summed E-state index contributed by atoms with van der Waals surface area (Å²) in [7, 11) is 0. The minimum Gasteiger partial charge on any atom is -0.0851 e. The summed E-state index contributed by atoms with van der Waals surface area (Å²) in [6, 6.07) is 0. The molecule has 3 unspecified atom stereocenters. The number of rotatable bonds is 7. The highest BCUT2D eigenvalue weighted by molar-refractivity contribution is 5.10. The van der Waals surface area contributed by atoms with Crippen molar-refractivity contribution in [2.75, 3.05) is 0 Å². The van der Waals surface area contributed by atoms with Crippen LogP contribution in [0.2, 0.25) is 0 Å². The van der Waals surface area contributed by atoms with E-state index >= 15 is 0 Å². The summed E-state index contributed by atoms with van der Waals surface area (Å²) in [6.45, 7) is 16.4. The molecule has 16 heavy (non-hydrogen) atoms. The number of hydrogen-bond donors (Lipinski definition) is 0. The second kappa shape index (κ2) is 7.92. The van der Waals surface area contributed by atoms with Gasteiger partial charge in [-0.3, -0.25) is 0 Å². The minimum absolute atomic E-state index is 0.750. The molecular weight excluding hydrogens is 192 g/mol. The molecule has 0 amide bonds. The summed E-state index contributed by atoms with van der Waals surface area (Å²) in [5.74, 6) is 3.14. The first-order valence-corrected chi connectivity index (χ1v) is 7.19. The maximum atomic E-state index is 2.48. The largest absolute Gasteiger partial charge is 0.0851 e. The summed E-state index contributed by atoms with van der Waals surface area (Å²) >= 11 is 0. The maximum Gasteiger partial charge on any atom is -0.0198 e. The predicted octanol–water partition coefficient (Wildman–Crippen LogP) is 5.69. The Morgan fingerprint density at radius 1 is 0.938 bits per heavy atom. The Bertz CT molecular complexity index is 200. The molecule has 0 nitrogen and oxygen atoms in total. The molecule has 0 N–H and O–H groups in total. The summed E-state index contributed by atoms with van der Waals surface area (Å²) in [4.78, 5) is 0. The fourth-order valence-electron chi connectivity index (χ4n) is 2.96. The van der Waals surface area contributed by atoms with Crippen LogP contribution >= 0.6 is 0 Å². The summed E-state index contributed by atoms with van der Waals surface area (Å²) < 4.78 is 0. The van der Waals surface area contributed by atoms with Crippen LogP contribution in [0.25, 0.3) is 0 Å². The van der Waals surface area contributed by atoms with Crippen molar-refractivity contribution in [2.24, 2.45) is 23.7 Å². The van der Waals surface area contributed by atoms with Gasteiger partial charge in [-0.2, -0.15) is 0 Å². The van der Waals surface area contributed by atoms with Gasteiger partial charge < -0.3 is 0 Å². The van der Waals surface area contributed by atoms with Gasteiger partial charge in [0, 0.05) is 0 Å². The third kappa shape index (κ3) is 4.31. The van der Waals surface area contributed by atoms with E-state index in [1.54, 1.807) is 5.57 Å². The van der Waals surface area contributed by atoms with Crippen LogP contribution in [0, 0.1) is 23.7 Å². The van der Waals surface area contributed by atoms with Gasteiger partial charge in [0.05, 0.1) is 0 Å². The first-order chi connectivity index (χ1) is 7.49. The lowest BCUT2D eigenvalue weighted by molar-refractivity contribution is 0.277. The van der Waals surface area contributed by atoms with Gasteiger partial charge in [-0.05, 0) is 36.5 Å². The number of hydrogen-bond acceptors (Lipinski definition) is 0. The SMILES string of the molecule is CCC=C(C(C)CC)C(C)C(CC)C(C)C. The molecule has 0 aliphatic heterocycles. The molecule has 0 saturated carbocycles. The Hall–Kier alpha value is -0.260. The van der Waals surface area contributed by atoms with E-state index in [1.165, 1.54) is 19.3 Å². The fraction of sp³-hybridized carbons (Fsp3) is 0.875. The predicted molar refractivity (Wildman–Crippen MR) is 75.6 cm³/mol. The van der Waals surface area contributed by atoms with E-state index in [2.05, 4.69) is 54.5 Å². The van der Waals surface area contributed by atoms with E-state index in [9.17, 15) is 0 Å². The highest BCUT2D eigenvalue weighted by Crippen LogP contribution is 2.34. The monoisotopic (exact) mass is 224 g/mol. The quantitative estimate of drug-likeness (QED) is 0.487. The van der Waals surface area contributed by atoms with Crippen molar-refractivity contribution in [3.05, 3.63) is 11.6 Å². The molecule has 0 aromatic rings. The van der Waals surface area contributed by atoms with Crippen molar-refractivity contribution in [3.63, 3.8) is 0 Å². The normalized spacial score (nSPS) is 18.6. The molecule has 0 aromatic carbocycles. The van der Waals surface area contributed by atoms with Gasteiger partial charge in [-0.25, -0.2) is 0 Å². The average Bonchev–Trinajstić information content (AvgIpc) is 2.25. The second-order valence-corrected chi connectivity index (χ2v) is 5.53. The van der Waals surface area contributed by atoms with Crippen LogP contribution < -0.4 is 0 Å². The number of allylic oxidation sites excluding steroid dienone is 2. The van der Waals surface area contributed by atoms with Gasteiger partial charge in [-0.15, -0.1) is 0 Å². The summed E-state index contributed by atoms with van der Waals surface area (Å²) in [6.07, 6.45) is 6.23. The van der Waals surface area contributed by atoms with Crippen molar-refractivity contribution >= 4 is 0 Å². The molecule has 0 saturated heterocycles. The third-order valence-electron chi connectivity index (χ3n) is 4.12. The van der Waals surface area contributed by atoms with E-state index in [0.717, 1.165) is 23.7 Å². The van der Waals surface area contributed by atoms with E-state index in [4.69, 9.17) is 0 Å². The van der Waals surface area contributed by atoms with Crippen LogP contribution in [0.4, 0.5) is 0 Å². The van der Waals surface area contributed by atoms with Crippen molar-refractivity contribution in [3.8, 4) is 0 Å². The Labute approximate surface area is 104 Å². The zero-order chi connectivity index (χ0) is 12.7. The van der Waals surface area contributed by atoms with Gasteiger partial charge in [0.25, 0.3) is 0 Å². The third-order valence-corrected chi connectivity index (χ3v) is 4.12. The lowest BCUT2D eigenvalue weighted by atomic mass is 9.74. The standard InChI is InChI=1S/C16H32/c1-8-11-16(13(6)9-2)14(7)15(10-3)12(4)5/h11-15H,8-10H2,1-7H3. The molecule has 0 fully saturated rings. The van der Waals surface area contributed by atoms with E-state index in [1.807, 2.05) is 0 Å². The van der Waals surface area contributed by atoms with Crippen molar-refractivity contribution in [1.82, 2.24) is 0 Å². The molecule has 0 heteroatoms. The van der Waals surface area contributed by atoms with Gasteiger partial charge in [-0.1, -0.05) is 66.5 Å². The molecule has 0 rings (SSSR count). The molecule has 0 spiro atoms. The van der Waals surface area contributed by atoms with Crippen LogP contribution in [0.5, 0.6) is 0 Å². The van der Waals surface area contributed by atoms with Crippen LogP contribution in [-0.4, -0.2) is 0 Å². The lowest BCUT2D eigenvalue weighted by Gasteiger charge is -2.31. The van der Waals surface area contributed by atoms with Crippen molar-refractivity contribution in [2.45, 2.75) is 67.7 Å². The van der Waals surface area contributed by atoms with Crippen LogP contribution in [0.15, 0.2) is 11.6 Å². The highest BCUT2D eigenvalue weighted by Gasteiger charge is 2.24. The topological polar surface area (TPSA) is 0 Å².